The second kappa shape index (κ2) is 6.98. The molecule has 0 bridgehead atoms. The molecule has 0 aliphatic rings. The normalized spacial score (nSPS) is 11.8. The molecule has 1 amide bonds. The van der Waals surface area contributed by atoms with Crippen molar-refractivity contribution in [2.45, 2.75) is 12.6 Å². The van der Waals surface area contributed by atoms with Gasteiger partial charge >= 0.3 is 6.18 Å². The van der Waals surface area contributed by atoms with Gasteiger partial charge < -0.3 is 9.73 Å². The standard InChI is InChI=1S/C16H14F3NO2/c17-16(18,19)13-5-3-12(4-6-13)9-10-20-15(21)8-7-14-2-1-11-22-14/h1-8,11H,9-10H2,(H,20,21)/b8-7+. The summed E-state index contributed by atoms with van der Waals surface area (Å²) >= 11 is 0. The molecule has 1 heterocycles. The van der Waals surface area contributed by atoms with E-state index in [0.29, 0.717) is 18.7 Å². The van der Waals surface area contributed by atoms with E-state index in [1.807, 2.05) is 0 Å². The lowest BCUT2D eigenvalue weighted by molar-refractivity contribution is -0.137. The first-order chi connectivity index (χ1) is 10.4. The molecule has 0 spiro atoms. The molecule has 3 nitrogen and oxygen atoms in total. The van der Waals surface area contributed by atoms with Gasteiger partial charge in [0, 0.05) is 12.6 Å². The van der Waals surface area contributed by atoms with Crippen LogP contribution in [-0.2, 0) is 17.4 Å². The van der Waals surface area contributed by atoms with Gasteiger partial charge in [0.15, 0.2) is 0 Å². The molecule has 6 heteroatoms. The number of carbonyl (C=O) groups excluding carboxylic acids is 1. The number of nitrogens with one attached hydrogen (secondary N) is 1. The van der Waals surface area contributed by atoms with Gasteiger partial charge in [0.2, 0.25) is 5.91 Å². The highest BCUT2D eigenvalue weighted by molar-refractivity contribution is 5.91. The fourth-order valence-electron chi connectivity index (χ4n) is 1.79. The highest BCUT2D eigenvalue weighted by Crippen LogP contribution is 2.29. The molecule has 0 saturated heterocycles. The number of hydrogen-bond acceptors (Lipinski definition) is 2. The molecule has 1 aromatic carbocycles. The molecule has 0 saturated carbocycles. The Hall–Kier alpha value is -2.50. The lowest BCUT2D eigenvalue weighted by Gasteiger charge is -2.07. The smallest absolute Gasteiger partial charge is 0.416 e. The monoisotopic (exact) mass is 309 g/mol. The summed E-state index contributed by atoms with van der Waals surface area (Å²) in [5, 5.41) is 2.65. The molecule has 116 valence electrons. The summed E-state index contributed by atoms with van der Waals surface area (Å²) in [5.41, 5.74) is 0.0463. The Morgan fingerprint density at radius 1 is 1.18 bits per heavy atom. The first-order valence-electron chi connectivity index (χ1n) is 6.61. The predicted molar refractivity (Wildman–Crippen MR) is 75.9 cm³/mol. The summed E-state index contributed by atoms with van der Waals surface area (Å²) in [6.45, 7) is 0.340. The number of hydrogen-bond donors (Lipinski definition) is 1. The zero-order valence-corrected chi connectivity index (χ0v) is 11.6. The fraction of sp³-hybridized carbons (Fsp3) is 0.188. The molecular formula is C16H14F3NO2. The number of benzene rings is 1. The van der Waals surface area contributed by atoms with Gasteiger partial charge in [-0.15, -0.1) is 0 Å². The lowest BCUT2D eigenvalue weighted by atomic mass is 10.1. The minimum atomic E-state index is -4.33. The lowest BCUT2D eigenvalue weighted by Crippen LogP contribution is -2.23. The van der Waals surface area contributed by atoms with Gasteiger partial charge in [-0.05, 0) is 42.3 Å². The van der Waals surface area contributed by atoms with Crippen LogP contribution in [0.4, 0.5) is 13.2 Å². The summed E-state index contributed by atoms with van der Waals surface area (Å²) in [6.07, 6.45) is 0.503. The maximum absolute atomic E-state index is 12.4. The van der Waals surface area contributed by atoms with Gasteiger partial charge in [-0.1, -0.05) is 12.1 Å². The van der Waals surface area contributed by atoms with E-state index in [0.717, 1.165) is 17.7 Å². The molecule has 2 rings (SSSR count). The number of amides is 1. The molecule has 1 N–H and O–H groups in total. The van der Waals surface area contributed by atoms with Gasteiger partial charge in [-0.2, -0.15) is 13.2 Å². The summed E-state index contributed by atoms with van der Waals surface area (Å²) in [7, 11) is 0. The van der Waals surface area contributed by atoms with E-state index >= 15 is 0 Å². The van der Waals surface area contributed by atoms with Crippen LogP contribution in [-0.4, -0.2) is 12.5 Å². The first-order valence-corrected chi connectivity index (χ1v) is 6.61. The fourth-order valence-corrected chi connectivity index (χ4v) is 1.79. The number of furan rings is 1. The van der Waals surface area contributed by atoms with Crippen LogP contribution < -0.4 is 5.32 Å². The molecule has 2 aromatic rings. The van der Waals surface area contributed by atoms with E-state index in [2.05, 4.69) is 5.32 Å². The van der Waals surface area contributed by atoms with Crippen LogP contribution in [0.1, 0.15) is 16.9 Å². The maximum atomic E-state index is 12.4. The number of carbonyl (C=O) groups is 1. The van der Waals surface area contributed by atoms with E-state index < -0.39 is 11.7 Å². The third kappa shape index (κ3) is 4.80. The van der Waals surface area contributed by atoms with Crippen LogP contribution in [0.15, 0.2) is 53.2 Å². The molecule has 0 radical (unpaired) electrons. The second-order valence-corrected chi connectivity index (χ2v) is 4.58. The van der Waals surface area contributed by atoms with E-state index in [-0.39, 0.29) is 5.91 Å². The van der Waals surface area contributed by atoms with Gasteiger partial charge in [0.1, 0.15) is 5.76 Å². The van der Waals surface area contributed by atoms with Crippen molar-refractivity contribution in [2.24, 2.45) is 0 Å². The quantitative estimate of drug-likeness (QED) is 0.856. The molecule has 0 aliphatic heterocycles. The second-order valence-electron chi connectivity index (χ2n) is 4.58. The zero-order chi connectivity index (χ0) is 16.0. The van der Waals surface area contributed by atoms with Gasteiger partial charge in [0.05, 0.1) is 11.8 Å². The zero-order valence-electron chi connectivity index (χ0n) is 11.6. The minimum Gasteiger partial charge on any atom is -0.465 e. The minimum absolute atomic E-state index is 0.289. The predicted octanol–water partition coefficient (Wildman–Crippen LogP) is 3.67. The summed E-state index contributed by atoms with van der Waals surface area (Å²) in [5.74, 6) is 0.279. The molecule has 1 aromatic heterocycles. The average molecular weight is 309 g/mol. The van der Waals surface area contributed by atoms with E-state index in [1.54, 1.807) is 12.1 Å². The third-order valence-corrected chi connectivity index (χ3v) is 2.94. The van der Waals surface area contributed by atoms with Crippen molar-refractivity contribution >= 4 is 12.0 Å². The van der Waals surface area contributed by atoms with Crippen LogP contribution in [0.3, 0.4) is 0 Å². The van der Waals surface area contributed by atoms with Crippen molar-refractivity contribution in [2.75, 3.05) is 6.54 Å². The highest BCUT2D eigenvalue weighted by atomic mass is 19.4. The van der Waals surface area contributed by atoms with Gasteiger partial charge in [0.25, 0.3) is 0 Å². The van der Waals surface area contributed by atoms with E-state index in [9.17, 15) is 18.0 Å². The summed E-state index contributed by atoms with van der Waals surface area (Å²) in [4.78, 5) is 11.5. The Morgan fingerprint density at radius 3 is 2.50 bits per heavy atom. The Kier molecular flexibility index (Phi) is 5.04. The van der Waals surface area contributed by atoms with Gasteiger partial charge in [-0.25, -0.2) is 0 Å². The Balaban J connectivity index is 1.77. The van der Waals surface area contributed by atoms with Crippen molar-refractivity contribution in [3.63, 3.8) is 0 Å². The van der Waals surface area contributed by atoms with Crippen LogP contribution in [0.2, 0.25) is 0 Å². The number of alkyl halides is 3. The molecule has 0 fully saturated rings. The molecular weight excluding hydrogens is 295 g/mol. The Labute approximate surface area is 125 Å². The van der Waals surface area contributed by atoms with E-state index in [4.69, 9.17) is 4.42 Å². The Bertz CT molecular complexity index is 628. The van der Waals surface area contributed by atoms with Crippen molar-refractivity contribution in [1.29, 1.82) is 0 Å². The van der Waals surface area contributed by atoms with Crippen LogP contribution >= 0.6 is 0 Å². The van der Waals surface area contributed by atoms with Crippen molar-refractivity contribution in [3.05, 3.63) is 65.6 Å². The molecule has 0 unspecified atom stereocenters. The van der Waals surface area contributed by atoms with Crippen molar-refractivity contribution < 1.29 is 22.4 Å². The third-order valence-electron chi connectivity index (χ3n) is 2.94. The maximum Gasteiger partial charge on any atom is 0.416 e. The molecule has 0 aliphatic carbocycles. The largest absolute Gasteiger partial charge is 0.465 e. The molecule has 22 heavy (non-hydrogen) atoms. The summed E-state index contributed by atoms with van der Waals surface area (Å²) in [6, 6.07) is 8.32. The average Bonchev–Trinajstić information content (AvgIpc) is 2.98. The van der Waals surface area contributed by atoms with Crippen molar-refractivity contribution in [3.8, 4) is 0 Å². The van der Waals surface area contributed by atoms with E-state index in [1.165, 1.54) is 30.5 Å². The van der Waals surface area contributed by atoms with Gasteiger partial charge in [-0.3, -0.25) is 4.79 Å². The highest BCUT2D eigenvalue weighted by Gasteiger charge is 2.29. The van der Waals surface area contributed by atoms with Crippen LogP contribution in [0, 0.1) is 0 Å². The first kappa shape index (κ1) is 15.9. The Morgan fingerprint density at radius 2 is 1.91 bits per heavy atom. The summed E-state index contributed by atoms with van der Waals surface area (Å²) < 4.78 is 42.3. The SMILES string of the molecule is O=C(/C=C/c1ccco1)NCCc1ccc(C(F)(F)F)cc1. The van der Waals surface area contributed by atoms with Crippen LogP contribution in [0.5, 0.6) is 0 Å². The topological polar surface area (TPSA) is 42.2 Å². The molecule has 0 atom stereocenters. The number of halogens is 3. The number of rotatable bonds is 5. The van der Waals surface area contributed by atoms with Crippen LogP contribution in [0.25, 0.3) is 6.08 Å². The van der Waals surface area contributed by atoms with Crippen molar-refractivity contribution in [1.82, 2.24) is 5.32 Å².